The molecule has 10 aromatic rings. The number of para-hydroxylation sites is 2. The number of hydrogen-bond donors (Lipinski definition) is 0. The molecule has 8 aromatic carbocycles. The molecule has 0 aliphatic rings. The van der Waals surface area contributed by atoms with Crippen molar-refractivity contribution in [3.63, 3.8) is 0 Å². The Morgan fingerprint density at radius 1 is 0.333 bits per heavy atom. The third kappa shape index (κ3) is 5.65. The highest BCUT2D eigenvalue weighted by atomic mass is 15.2. The highest BCUT2D eigenvalue weighted by Gasteiger charge is 2.21. The van der Waals surface area contributed by atoms with Gasteiger partial charge in [0.1, 0.15) is 0 Å². The van der Waals surface area contributed by atoms with Crippen LogP contribution in [0.2, 0.25) is 0 Å². The minimum atomic E-state index is 0.557. The molecule has 0 N–H and O–H groups in total. The maximum absolute atomic E-state index is 5.23. The molecule has 5 nitrogen and oxygen atoms in total. The van der Waals surface area contributed by atoms with Crippen molar-refractivity contribution in [3.8, 4) is 39.9 Å². The zero-order valence-corrected chi connectivity index (χ0v) is 29.3. The monoisotopic (exact) mass is 691 g/mol. The van der Waals surface area contributed by atoms with Crippen molar-refractivity contribution < 1.29 is 0 Å². The molecule has 10 rings (SSSR count). The van der Waals surface area contributed by atoms with E-state index in [2.05, 4.69) is 149 Å². The SMILES string of the molecule is c1ccc(-c2nc(-c3ccccc3)nc(-n3c4cc(-c5ccc6ccccc6c5)ccc4c4ccc(N(c5ccccc5)c5ccccc5)cc43)n2)cc1. The lowest BCUT2D eigenvalue weighted by Gasteiger charge is -2.25. The summed E-state index contributed by atoms with van der Waals surface area (Å²) in [6.07, 6.45) is 0. The molecule has 54 heavy (non-hydrogen) atoms. The molecule has 0 saturated carbocycles. The zero-order valence-electron chi connectivity index (χ0n) is 29.3. The first-order chi connectivity index (χ1) is 26.8. The summed E-state index contributed by atoms with van der Waals surface area (Å²) in [5, 5.41) is 4.66. The van der Waals surface area contributed by atoms with Gasteiger partial charge in [0.2, 0.25) is 5.95 Å². The third-order valence-electron chi connectivity index (χ3n) is 10.0. The van der Waals surface area contributed by atoms with Gasteiger partial charge in [0.05, 0.1) is 11.0 Å². The summed E-state index contributed by atoms with van der Waals surface area (Å²) in [4.78, 5) is 17.8. The predicted molar refractivity (Wildman–Crippen MR) is 223 cm³/mol. The van der Waals surface area contributed by atoms with Crippen molar-refractivity contribution in [2.24, 2.45) is 0 Å². The molecule has 0 unspecified atom stereocenters. The Bertz CT molecular complexity index is 2830. The molecule has 0 aliphatic heterocycles. The van der Waals surface area contributed by atoms with E-state index in [0.29, 0.717) is 17.6 Å². The molecule has 0 spiro atoms. The number of fused-ring (bicyclic) bond motifs is 4. The van der Waals surface area contributed by atoms with Crippen LogP contribution in [0.1, 0.15) is 0 Å². The second-order valence-electron chi connectivity index (χ2n) is 13.4. The second kappa shape index (κ2) is 13.3. The van der Waals surface area contributed by atoms with Gasteiger partial charge < -0.3 is 4.90 Å². The van der Waals surface area contributed by atoms with E-state index < -0.39 is 0 Å². The molecule has 0 saturated heterocycles. The topological polar surface area (TPSA) is 46.8 Å². The minimum Gasteiger partial charge on any atom is -0.310 e. The minimum absolute atomic E-state index is 0.557. The first kappa shape index (κ1) is 31.4. The van der Waals surface area contributed by atoms with Crippen molar-refractivity contribution >= 4 is 49.6 Å². The summed E-state index contributed by atoms with van der Waals surface area (Å²) >= 11 is 0. The average molecular weight is 692 g/mol. The largest absolute Gasteiger partial charge is 0.310 e. The Kier molecular flexibility index (Phi) is 7.73. The van der Waals surface area contributed by atoms with Gasteiger partial charge in [0.25, 0.3) is 0 Å². The summed E-state index contributed by atoms with van der Waals surface area (Å²) in [6, 6.07) is 69.9. The lowest BCUT2D eigenvalue weighted by Crippen LogP contribution is -2.10. The van der Waals surface area contributed by atoms with Gasteiger partial charge in [-0.1, -0.05) is 152 Å². The van der Waals surface area contributed by atoms with Gasteiger partial charge in [-0.05, 0) is 70.4 Å². The van der Waals surface area contributed by atoms with Crippen LogP contribution < -0.4 is 4.90 Å². The third-order valence-corrected chi connectivity index (χ3v) is 10.0. The normalized spacial score (nSPS) is 11.3. The van der Waals surface area contributed by atoms with Gasteiger partial charge in [-0.25, -0.2) is 4.98 Å². The van der Waals surface area contributed by atoms with Crippen LogP contribution in [-0.2, 0) is 0 Å². The lowest BCUT2D eigenvalue weighted by atomic mass is 10.00. The van der Waals surface area contributed by atoms with E-state index in [9.17, 15) is 0 Å². The van der Waals surface area contributed by atoms with Gasteiger partial charge in [0, 0.05) is 39.0 Å². The van der Waals surface area contributed by atoms with Crippen LogP contribution in [0, 0.1) is 0 Å². The predicted octanol–water partition coefficient (Wildman–Crippen LogP) is 12.6. The van der Waals surface area contributed by atoms with E-state index in [-0.39, 0.29) is 0 Å². The van der Waals surface area contributed by atoms with Gasteiger partial charge >= 0.3 is 0 Å². The molecule has 0 atom stereocenters. The van der Waals surface area contributed by atoms with Crippen LogP contribution in [-0.4, -0.2) is 19.5 Å². The van der Waals surface area contributed by atoms with E-state index >= 15 is 0 Å². The van der Waals surface area contributed by atoms with Crippen LogP contribution in [0.4, 0.5) is 17.1 Å². The molecule has 5 heteroatoms. The fraction of sp³-hybridized carbons (Fsp3) is 0. The van der Waals surface area contributed by atoms with Gasteiger partial charge in [-0.3, -0.25) is 4.57 Å². The van der Waals surface area contributed by atoms with Crippen molar-refractivity contribution in [1.82, 2.24) is 19.5 Å². The molecule has 2 heterocycles. The van der Waals surface area contributed by atoms with Crippen molar-refractivity contribution in [2.75, 3.05) is 4.90 Å². The highest BCUT2D eigenvalue weighted by molar-refractivity contribution is 6.11. The molecule has 0 aliphatic carbocycles. The summed E-state index contributed by atoms with van der Waals surface area (Å²) in [5.41, 5.74) is 9.31. The number of benzene rings is 8. The fourth-order valence-corrected chi connectivity index (χ4v) is 7.41. The van der Waals surface area contributed by atoms with Gasteiger partial charge in [-0.2, -0.15) is 9.97 Å². The molecule has 0 radical (unpaired) electrons. The second-order valence-corrected chi connectivity index (χ2v) is 13.4. The van der Waals surface area contributed by atoms with Crippen LogP contribution in [0.3, 0.4) is 0 Å². The average Bonchev–Trinajstić information content (AvgIpc) is 3.58. The fourth-order valence-electron chi connectivity index (χ4n) is 7.41. The van der Waals surface area contributed by atoms with E-state index in [1.54, 1.807) is 0 Å². The summed E-state index contributed by atoms with van der Waals surface area (Å²) < 4.78 is 2.22. The molecule has 254 valence electrons. The number of aromatic nitrogens is 4. The Labute approximate surface area is 313 Å². The van der Waals surface area contributed by atoms with E-state index in [1.165, 1.54) is 10.8 Å². The zero-order chi connectivity index (χ0) is 35.8. The Morgan fingerprint density at radius 2 is 0.815 bits per heavy atom. The Morgan fingerprint density at radius 3 is 1.43 bits per heavy atom. The molecule has 0 bridgehead atoms. The Hall–Kier alpha value is -7.37. The standard InChI is InChI=1S/C49H33N5/c1-5-16-35(17-6-1)47-50-48(36-18-7-2-8-19-36)52-49(51-47)54-45-32-39(38-26-25-34-15-13-14-20-37(34)31-38)27-29-43(45)44-30-28-42(33-46(44)54)53(40-21-9-3-10-22-40)41-23-11-4-12-24-41/h1-33H. The molecule has 0 fully saturated rings. The first-order valence-corrected chi connectivity index (χ1v) is 18.1. The van der Waals surface area contributed by atoms with Crippen LogP contribution >= 0.6 is 0 Å². The lowest BCUT2D eigenvalue weighted by molar-refractivity contribution is 0.953. The van der Waals surface area contributed by atoms with Crippen molar-refractivity contribution in [2.45, 2.75) is 0 Å². The smallest absolute Gasteiger partial charge is 0.238 e. The van der Waals surface area contributed by atoms with Crippen LogP contribution in [0.25, 0.3) is 72.4 Å². The molecular formula is C49H33N5. The van der Waals surface area contributed by atoms with Gasteiger partial charge in [-0.15, -0.1) is 0 Å². The van der Waals surface area contributed by atoms with E-state index in [0.717, 1.165) is 61.1 Å². The number of anilines is 3. The maximum Gasteiger partial charge on any atom is 0.238 e. The first-order valence-electron chi connectivity index (χ1n) is 18.1. The van der Waals surface area contributed by atoms with E-state index in [4.69, 9.17) is 15.0 Å². The van der Waals surface area contributed by atoms with Crippen LogP contribution in [0.15, 0.2) is 200 Å². The van der Waals surface area contributed by atoms with Crippen molar-refractivity contribution in [3.05, 3.63) is 200 Å². The maximum atomic E-state index is 5.23. The number of hydrogen-bond acceptors (Lipinski definition) is 4. The quantitative estimate of drug-likeness (QED) is 0.167. The van der Waals surface area contributed by atoms with Crippen LogP contribution in [0.5, 0.6) is 0 Å². The Balaban J connectivity index is 1.27. The number of rotatable bonds is 7. The number of nitrogens with zero attached hydrogens (tertiary/aromatic N) is 5. The summed E-state index contributed by atoms with van der Waals surface area (Å²) in [5.74, 6) is 1.79. The van der Waals surface area contributed by atoms with E-state index in [1.807, 2.05) is 60.7 Å². The van der Waals surface area contributed by atoms with Gasteiger partial charge in [0.15, 0.2) is 11.6 Å². The summed E-state index contributed by atoms with van der Waals surface area (Å²) in [6.45, 7) is 0. The molecule has 0 amide bonds. The molecule has 2 aromatic heterocycles. The van der Waals surface area contributed by atoms with Crippen molar-refractivity contribution in [1.29, 1.82) is 0 Å². The summed E-state index contributed by atoms with van der Waals surface area (Å²) in [7, 11) is 0. The molecular weight excluding hydrogens is 659 g/mol. The highest BCUT2D eigenvalue weighted by Crippen LogP contribution is 2.40.